The second-order valence-electron chi connectivity index (χ2n) is 7.04. The molecule has 0 spiro atoms. The Bertz CT molecular complexity index is 932. The largest absolute Gasteiger partial charge is 0.490 e. The lowest BCUT2D eigenvalue weighted by Crippen LogP contribution is -2.43. The van der Waals surface area contributed by atoms with Crippen molar-refractivity contribution < 1.29 is 23.8 Å². The number of hydrogen-bond donors (Lipinski definition) is 1. The van der Waals surface area contributed by atoms with Crippen molar-refractivity contribution in [1.82, 2.24) is 4.90 Å². The van der Waals surface area contributed by atoms with Crippen molar-refractivity contribution in [2.45, 2.75) is 32.7 Å². The van der Waals surface area contributed by atoms with Crippen LogP contribution < -0.4 is 14.8 Å². The fourth-order valence-electron chi connectivity index (χ4n) is 3.68. The number of carbonyl (C=O) groups excluding carboxylic acids is 2. The van der Waals surface area contributed by atoms with Gasteiger partial charge in [0.1, 0.15) is 0 Å². The van der Waals surface area contributed by atoms with Gasteiger partial charge in [0.05, 0.1) is 32.8 Å². The highest BCUT2D eigenvalue weighted by Crippen LogP contribution is 2.40. The second kappa shape index (κ2) is 10.5. The topological polar surface area (TPSA) is 77.1 Å². The minimum Gasteiger partial charge on any atom is -0.490 e. The zero-order valence-electron chi connectivity index (χ0n) is 17.9. The van der Waals surface area contributed by atoms with Crippen molar-refractivity contribution in [3.8, 4) is 11.5 Å². The first-order valence-electron chi connectivity index (χ1n) is 10.3. The molecule has 7 nitrogen and oxygen atoms in total. The summed E-state index contributed by atoms with van der Waals surface area (Å²) in [7, 11) is 1.35. The van der Waals surface area contributed by atoms with Gasteiger partial charge in [-0.05, 0) is 67.8 Å². The quantitative estimate of drug-likeness (QED) is 0.556. The number of urea groups is 1. The van der Waals surface area contributed by atoms with Gasteiger partial charge in [0.15, 0.2) is 11.5 Å². The van der Waals surface area contributed by atoms with Crippen LogP contribution in [0.5, 0.6) is 11.5 Å². The van der Waals surface area contributed by atoms with Crippen LogP contribution in [-0.4, -0.2) is 43.8 Å². The summed E-state index contributed by atoms with van der Waals surface area (Å²) in [5.41, 5.74) is 2.58. The van der Waals surface area contributed by atoms with E-state index < -0.39 is 6.04 Å². The number of benzene rings is 2. The van der Waals surface area contributed by atoms with Crippen LogP contribution in [0, 0.1) is 0 Å². The molecule has 0 aliphatic carbocycles. The minimum atomic E-state index is -0.471. The summed E-state index contributed by atoms with van der Waals surface area (Å²) in [5, 5.41) is 2.92. The molecule has 0 saturated heterocycles. The zero-order valence-corrected chi connectivity index (χ0v) is 19.5. The number of nitrogens with zero attached hydrogens (tertiary/aromatic N) is 1. The third kappa shape index (κ3) is 5.50. The van der Waals surface area contributed by atoms with Gasteiger partial charge in [-0.1, -0.05) is 15.9 Å². The van der Waals surface area contributed by atoms with E-state index in [0.29, 0.717) is 43.4 Å². The Morgan fingerprint density at radius 3 is 2.35 bits per heavy atom. The first-order chi connectivity index (χ1) is 15.0. The van der Waals surface area contributed by atoms with Crippen molar-refractivity contribution in [2.24, 2.45) is 0 Å². The molecule has 2 aromatic carbocycles. The van der Waals surface area contributed by atoms with Gasteiger partial charge in [-0.3, -0.25) is 4.79 Å². The number of carbonyl (C=O) groups is 2. The number of halogens is 1. The molecule has 0 radical (unpaired) electrons. The van der Waals surface area contributed by atoms with E-state index in [1.165, 1.54) is 7.11 Å². The maximum absolute atomic E-state index is 13.1. The van der Waals surface area contributed by atoms with E-state index in [1.807, 2.05) is 50.2 Å². The van der Waals surface area contributed by atoms with Crippen LogP contribution in [0.3, 0.4) is 0 Å². The standard InChI is InChI=1S/C23H27BrN2O5/c1-4-30-20-12-15-10-11-26(23(28)25-17-8-6-16(24)7-9-17)19(14-22(27)29-3)18(15)13-21(20)31-5-2/h6-9,12-13,19H,4-5,10-11,14H2,1-3H3,(H,25,28). The molecule has 166 valence electrons. The average Bonchev–Trinajstić information content (AvgIpc) is 2.76. The molecule has 0 aromatic heterocycles. The van der Waals surface area contributed by atoms with Crippen molar-refractivity contribution in [2.75, 3.05) is 32.2 Å². The maximum Gasteiger partial charge on any atom is 0.322 e. The summed E-state index contributed by atoms with van der Waals surface area (Å²) in [6.07, 6.45) is 0.698. The van der Waals surface area contributed by atoms with Crippen LogP contribution in [0.25, 0.3) is 0 Å². The van der Waals surface area contributed by atoms with E-state index in [4.69, 9.17) is 14.2 Å². The lowest BCUT2D eigenvalue weighted by molar-refractivity contribution is -0.141. The second-order valence-corrected chi connectivity index (χ2v) is 7.96. The van der Waals surface area contributed by atoms with E-state index in [1.54, 1.807) is 4.90 Å². The van der Waals surface area contributed by atoms with Crippen molar-refractivity contribution in [1.29, 1.82) is 0 Å². The lowest BCUT2D eigenvalue weighted by Gasteiger charge is -2.37. The van der Waals surface area contributed by atoms with Crippen LogP contribution in [0.1, 0.15) is 37.4 Å². The first-order valence-corrected chi connectivity index (χ1v) is 11.1. The molecule has 3 rings (SSSR count). The third-order valence-corrected chi connectivity index (χ3v) is 5.64. The number of fused-ring (bicyclic) bond motifs is 1. The molecule has 1 unspecified atom stereocenters. The molecule has 0 fully saturated rings. The molecule has 1 aliphatic heterocycles. The number of rotatable bonds is 7. The fourth-order valence-corrected chi connectivity index (χ4v) is 3.94. The summed E-state index contributed by atoms with van der Waals surface area (Å²) in [5.74, 6) is 0.895. The van der Waals surface area contributed by atoms with Crippen LogP contribution >= 0.6 is 15.9 Å². The van der Waals surface area contributed by atoms with Gasteiger partial charge in [0.2, 0.25) is 0 Å². The molecule has 0 bridgehead atoms. The van der Waals surface area contributed by atoms with E-state index in [2.05, 4.69) is 21.2 Å². The summed E-state index contributed by atoms with van der Waals surface area (Å²) >= 11 is 3.39. The summed E-state index contributed by atoms with van der Waals surface area (Å²) in [6.45, 7) is 5.29. The Morgan fingerprint density at radius 1 is 1.10 bits per heavy atom. The zero-order chi connectivity index (χ0) is 22.4. The molecule has 1 atom stereocenters. The molecule has 8 heteroatoms. The van der Waals surface area contributed by atoms with Crippen LogP contribution in [0.2, 0.25) is 0 Å². The van der Waals surface area contributed by atoms with Crippen molar-refractivity contribution in [3.05, 3.63) is 52.0 Å². The SMILES string of the molecule is CCOc1cc2c(cc1OCC)C(CC(=O)OC)N(C(=O)Nc1ccc(Br)cc1)CC2. The number of esters is 1. The number of anilines is 1. The van der Waals surface area contributed by atoms with E-state index in [-0.39, 0.29) is 18.4 Å². The Labute approximate surface area is 190 Å². The Balaban J connectivity index is 1.94. The highest BCUT2D eigenvalue weighted by Gasteiger charge is 2.34. The maximum atomic E-state index is 13.1. The molecule has 2 amide bonds. The molecular formula is C23H27BrN2O5. The van der Waals surface area contributed by atoms with Crippen LogP contribution in [0.15, 0.2) is 40.9 Å². The fraction of sp³-hybridized carbons (Fsp3) is 0.391. The smallest absolute Gasteiger partial charge is 0.322 e. The highest BCUT2D eigenvalue weighted by molar-refractivity contribution is 9.10. The first kappa shape index (κ1) is 22.9. The summed E-state index contributed by atoms with van der Waals surface area (Å²) < 4.78 is 17.4. The van der Waals surface area contributed by atoms with Gasteiger partial charge in [-0.15, -0.1) is 0 Å². The molecule has 1 aliphatic rings. The molecule has 1 heterocycles. The van der Waals surface area contributed by atoms with Gasteiger partial charge >= 0.3 is 12.0 Å². The average molecular weight is 491 g/mol. The normalized spacial score (nSPS) is 15.1. The van der Waals surface area contributed by atoms with Crippen LogP contribution in [-0.2, 0) is 16.0 Å². The number of methoxy groups -OCH3 is 1. The molecular weight excluding hydrogens is 464 g/mol. The third-order valence-electron chi connectivity index (χ3n) is 5.11. The molecule has 0 saturated carbocycles. The Kier molecular flexibility index (Phi) is 7.79. The number of ether oxygens (including phenoxy) is 3. The monoisotopic (exact) mass is 490 g/mol. The van der Waals surface area contributed by atoms with Gasteiger partial charge in [0, 0.05) is 16.7 Å². The number of nitrogens with one attached hydrogen (secondary N) is 1. The number of amides is 2. The van der Waals surface area contributed by atoms with E-state index >= 15 is 0 Å². The summed E-state index contributed by atoms with van der Waals surface area (Å²) in [6, 6.07) is 10.4. The van der Waals surface area contributed by atoms with E-state index in [9.17, 15) is 9.59 Å². The summed E-state index contributed by atoms with van der Waals surface area (Å²) in [4.78, 5) is 27.0. The predicted molar refractivity (Wildman–Crippen MR) is 122 cm³/mol. The Morgan fingerprint density at radius 2 is 1.74 bits per heavy atom. The molecule has 1 N–H and O–H groups in total. The van der Waals surface area contributed by atoms with Gasteiger partial charge < -0.3 is 24.4 Å². The van der Waals surface area contributed by atoms with Gasteiger partial charge in [-0.2, -0.15) is 0 Å². The van der Waals surface area contributed by atoms with Crippen LogP contribution in [0.4, 0.5) is 10.5 Å². The van der Waals surface area contributed by atoms with Gasteiger partial charge in [0.25, 0.3) is 0 Å². The highest BCUT2D eigenvalue weighted by atomic mass is 79.9. The van der Waals surface area contributed by atoms with Gasteiger partial charge in [-0.25, -0.2) is 4.79 Å². The molecule has 2 aromatic rings. The van der Waals surface area contributed by atoms with Crippen molar-refractivity contribution >= 4 is 33.6 Å². The minimum absolute atomic E-state index is 0.0524. The Hall–Kier alpha value is -2.74. The lowest BCUT2D eigenvalue weighted by atomic mass is 9.90. The predicted octanol–water partition coefficient (Wildman–Crippen LogP) is 4.94. The van der Waals surface area contributed by atoms with Crippen molar-refractivity contribution in [3.63, 3.8) is 0 Å². The van der Waals surface area contributed by atoms with E-state index in [0.717, 1.165) is 15.6 Å². The number of hydrogen-bond acceptors (Lipinski definition) is 5. The molecule has 31 heavy (non-hydrogen) atoms.